The van der Waals surface area contributed by atoms with Crippen LogP contribution < -0.4 is 0 Å². The topological polar surface area (TPSA) is 69.4 Å². The standard InChI is InChI=1S/C9H15NO4/c1-3-4-8(7-10(12)13)5-6-9(11)14-2/h5-6,8H,3-4,7H2,1-2H3/b6-5+/t8-/m0/s1. The van der Waals surface area contributed by atoms with Crippen molar-refractivity contribution in [2.75, 3.05) is 13.7 Å². The van der Waals surface area contributed by atoms with Gasteiger partial charge in [-0.1, -0.05) is 19.4 Å². The highest BCUT2D eigenvalue weighted by Gasteiger charge is 2.11. The Morgan fingerprint density at radius 2 is 2.29 bits per heavy atom. The number of rotatable bonds is 6. The molecule has 0 aliphatic heterocycles. The SMILES string of the molecule is CCC[C@@H](/C=C/C(=O)OC)C[N+](=O)[O-]. The third kappa shape index (κ3) is 6.16. The number of methoxy groups -OCH3 is 1. The van der Waals surface area contributed by atoms with E-state index in [1.807, 2.05) is 6.92 Å². The Kier molecular flexibility index (Phi) is 6.36. The van der Waals surface area contributed by atoms with Crippen LogP contribution >= 0.6 is 0 Å². The second-order valence-corrected chi connectivity index (χ2v) is 2.95. The zero-order valence-electron chi connectivity index (χ0n) is 8.43. The van der Waals surface area contributed by atoms with Crippen molar-refractivity contribution in [3.63, 3.8) is 0 Å². The molecule has 0 saturated carbocycles. The van der Waals surface area contributed by atoms with E-state index < -0.39 is 5.97 Å². The fourth-order valence-corrected chi connectivity index (χ4v) is 1.09. The molecule has 80 valence electrons. The van der Waals surface area contributed by atoms with Crippen molar-refractivity contribution in [2.45, 2.75) is 19.8 Å². The van der Waals surface area contributed by atoms with Crippen LogP contribution in [0.5, 0.6) is 0 Å². The molecule has 0 aromatic carbocycles. The fraction of sp³-hybridized carbons (Fsp3) is 0.667. The summed E-state index contributed by atoms with van der Waals surface area (Å²) in [6.07, 6.45) is 4.33. The molecule has 14 heavy (non-hydrogen) atoms. The lowest BCUT2D eigenvalue weighted by Gasteiger charge is -2.04. The summed E-state index contributed by atoms with van der Waals surface area (Å²) < 4.78 is 4.39. The van der Waals surface area contributed by atoms with E-state index in [9.17, 15) is 14.9 Å². The predicted molar refractivity (Wildman–Crippen MR) is 51.4 cm³/mol. The Bertz CT molecular complexity index is 225. The predicted octanol–water partition coefficient (Wildman–Crippen LogP) is 1.41. The van der Waals surface area contributed by atoms with E-state index in [-0.39, 0.29) is 17.4 Å². The molecule has 5 nitrogen and oxygen atoms in total. The van der Waals surface area contributed by atoms with Gasteiger partial charge in [-0.2, -0.15) is 0 Å². The first-order valence-electron chi connectivity index (χ1n) is 4.48. The molecule has 0 unspecified atom stereocenters. The number of hydrogen-bond donors (Lipinski definition) is 0. The maximum atomic E-state index is 10.7. The Hall–Kier alpha value is -1.39. The zero-order chi connectivity index (χ0) is 11.0. The highest BCUT2D eigenvalue weighted by Crippen LogP contribution is 2.08. The minimum atomic E-state index is -0.477. The maximum absolute atomic E-state index is 10.7. The first-order valence-corrected chi connectivity index (χ1v) is 4.48. The smallest absolute Gasteiger partial charge is 0.330 e. The molecule has 0 heterocycles. The molecule has 0 rings (SSSR count). The molecule has 0 radical (unpaired) electrons. The van der Waals surface area contributed by atoms with Gasteiger partial charge in [-0.15, -0.1) is 0 Å². The molecule has 1 atom stereocenters. The largest absolute Gasteiger partial charge is 0.466 e. The summed E-state index contributed by atoms with van der Waals surface area (Å²) in [4.78, 5) is 20.6. The summed E-state index contributed by atoms with van der Waals surface area (Å²) in [6, 6.07) is 0. The third-order valence-corrected chi connectivity index (χ3v) is 1.75. The van der Waals surface area contributed by atoms with Crippen LogP contribution in [0.25, 0.3) is 0 Å². The normalized spacial score (nSPS) is 12.7. The van der Waals surface area contributed by atoms with Crippen molar-refractivity contribution in [2.24, 2.45) is 5.92 Å². The summed E-state index contributed by atoms with van der Waals surface area (Å²) in [5, 5.41) is 10.3. The number of hydrogen-bond acceptors (Lipinski definition) is 4. The van der Waals surface area contributed by atoms with E-state index in [4.69, 9.17) is 0 Å². The van der Waals surface area contributed by atoms with Gasteiger partial charge in [-0.3, -0.25) is 10.1 Å². The Balaban J connectivity index is 4.13. The van der Waals surface area contributed by atoms with Crippen molar-refractivity contribution in [3.8, 4) is 0 Å². The van der Waals surface area contributed by atoms with Gasteiger partial charge in [-0.25, -0.2) is 4.79 Å². The van der Waals surface area contributed by atoms with Crippen LogP contribution in [0.4, 0.5) is 0 Å². The van der Waals surface area contributed by atoms with Crippen LogP contribution in [0.2, 0.25) is 0 Å². The molecular weight excluding hydrogens is 186 g/mol. The summed E-state index contributed by atoms with van der Waals surface area (Å²) in [6.45, 7) is 1.81. The fourth-order valence-electron chi connectivity index (χ4n) is 1.09. The third-order valence-electron chi connectivity index (χ3n) is 1.75. The van der Waals surface area contributed by atoms with Crippen molar-refractivity contribution in [1.29, 1.82) is 0 Å². The molecule has 0 bridgehead atoms. The molecule has 0 aromatic rings. The average molecular weight is 201 g/mol. The molecule has 0 aliphatic carbocycles. The number of nitro groups is 1. The van der Waals surface area contributed by atoms with Gasteiger partial charge >= 0.3 is 5.97 Å². The molecule has 0 fully saturated rings. The van der Waals surface area contributed by atoms with Gasteiger partial charge in [0.15, 0.2) is 0 Å². The number of nitrogens with zero attached hydrogens (tertiary/aromatic N) is 1. The van der Waals surface area contributed by atoms with E-state index in [2.05, 4.69) is 4.74 Å². The van der Waals surface area contributed by atoms with Crippen LogP contribution in [-0.2, 0) is 9.53 Å². The van der Waals surface area contributed by atoms with Gasteiger partial charge in [0.2, 0.25) is 6.54 Å². The molecule has 5 heteroatoms. The van der Waals surface area contributed by atoms with E-state index in [0.717, 1.165) is 6.42 Å². The van der Waals surface area contributed by atoms with Crippen LogP contribution in [-0.4, -0.2) is 24.5 Å². The second-order valence-electron chi connectivity index (χ2n) is 2.95. The summed E-state index contributed by atoms with van der Waals surface area (Å²) in [5.41, 5.74) is 0. The minimum Gasteiger partial charge on any atom is -0.466 e. The van der Waals surface area contributed by atoms with Crippen LogP contribution in [0.3, 0.4) is 0 Å². The number of ether oxygens (including phenoxy) is 1. The van der Waals surface area contributed by atoms with Gasteiger partial charge < -0.3 is 4.74 Å². The lowest BCUT2D eigenvalue weighted by atomic mass is 10.0. The summed E-state index contributed by atoms with van der Waals surface area (Å²) in [5.74, 6) is -0.663. The monoisotopic (exact) mass is 201 g/mol. The number of carbonyl (C=O) groups is 1. The van der Waals surface area contributed by atoms with Gasteiger partial charge in [0.1, 0.15) is 0 Å². The molecule has 0 aliphatic rings. The molecular formula is C9H15NO4. The van der Waals surface area contributed by atoms with Gasteiger partial charge in [-0.05, 0) is 6.42 Å². The second kappa shape index (κ2) is 7.06. The van der Waals surface area contributed by atoms with E-state index in [1.54, 1.807) is 0 Å². The van der Waals surface area contributed by atoms with Crippen LogP contribution in [0, 0.1) is 16.0 Å². The van der Waals surface area contributed by atoms with Crippen LogP contribution in [0.15, 0.2) is 12.2 Å². The molecule has 0 aromatic heterocycles. The Morgan fingerprint density at radius 1 is 1.64 bits per heavy atom. The lowest BCUT2D eigenvalue weighted by molar-refractivity contribution is -0.486. The van der Waals surface area contributed by atoms with Crippen molar-refractivity contribution in [1.82, 2.24) is 0 Å². The lowest BCUT2D eigenvalue weighted by Crippen LogP contribution is -2.12. The first kappa shape index (κ1) is 12.6. The Labute approximate surface area is 82.9 Å². The van der Waals surface area contributed by atoms with Gasteiger partial charge in [0.25, 0.3) is 0 Å². The van der Waals surface area contributed by atoms with Gasteiger partial charge in [0, 0.05) is 16.9 Å². The molecule has 0 amide bonds. The molecule has 0 saturated heterocycles. The van der Waals surface area contributed by atoms with E-state index in [1.165, 1.54) is 19.3 Å². The highest BCUT2D eigenvalue weighted by atomic mass is 16.6. The molecule has 0 spiro atoms. The van der Waals surface area contributed by atoms with Crippen molar-refractivity contribution in [3.05, 3.63) is 22.3 Å². The minimum absolute atomic E-state index is 0.138. The Morgan fingerprint density at radius 3 is 2.71 bits per heavy atom. The van der Waals surface area contributed by atoms with E-state index >= 15 is 0 Å². The average Bonchev–Trinajstić information content (AvgIpc) is 2.13. The van der Waals surface area contributed by atoms with E-state index in [0.29, 0.717) is 6.42 Å². The number of esters is 1. The van der Waals surface area contributed by atoms with Crippen molar-refractivity contribution < 1.29 is 14.5 Å². The highest BCUT2D eigenvalue weighted by molar-refractivity contribution is 5.81. The molecule has 0 N–H and O–H groups in total. The quantitative estimate of drug-likeness (QED) is 0.282. The first-order chi connectivity index (χ1) is 6.60. The zero-order valence-corrected chi connectivity index (χ0v) is 8.43. The maximum Gasteiger partial charge on any atom is 0.330 e. The van der Waals surface area contributed by atoms with Crippen LogP contribution in [0.1, 0.15) is 19.8 Å². The number of carbonyl (C=O) groups excluding carboxylic acids is 1. The van der Waals surface area contributed by atoms with Crippen molar-refractivity contribution >= 4 is 5.97 Å². The van der Waals surface area contributed by atoms with Gasteiger partial charge in [0.05, 0.1) is 7.11 Å². The summed E-state index contributed by atoms with van der Waals surface area (Å²) >= 11 is 0. The summed E-state index contributed by atoms with van der Waals surface area (Å²) in [7, 11) is 1.27.